The zero-order valence-electron chi connectivity index (χ0n) is 18.5. The first-order valence-electron chi connectivity index (χ1n) is 10.4. The molecule has 0 radical (unpaired) electrons. The molecule has 0 spiro atoms. The van der Waals surface area contributed by atoms with E-state index in [1.807, 2.05) is 61.0 Å². The highest BCUT2D eigenvalue weighted by molar-refractivity contribution is 7.18. The Hall–Kier alpha value is -3.85. The van der Waals surface area contributed by atoms with E-state index in [9.17, 15) is 9.59 Å². The fourth-order valence-electron chi connectivity index (χ4n) is 3.51. The van der Waals surface area contributed by atoms with Gasteiger partial charge in [-0.3, -0.25) is 14.9 Å². The molecule has 9 heteroatoms. The van der Waals surface area contributed by atoms with E-state index in [-0.39, 0.29) is 11.9 Å². The number of anilines is 1. The van der Waals surface area contributed by atoms with Crippen molar-refractivity contribution in [2.75, 3.05) is 12.4 Å². The van der Waals surface area contributed by atoms with Gasteiger partial charge in [-0.1, -0.05) is 41.7 Å². The number of nitrogens with one attached hydrogen (secondary N) is 1. The van der Waals surface area contributed by atoms with E-state index >= 15 is 0 Å². The maximum atomic E-state index is 12.7. The number of benzene rings is 2. The van der Waals surface area contributed by atoms with Gasteiger partial charge in [-0.15, -0.1) is 10.2 Å². The number of amides is 1. The first-order chi connectivity index (χ1) is 16.0. The predicted octanol–water partition coefficient (Wildman–Crippen LogP) is 4.37. The summed E-state index contributed by atoms with van der Waals surface area (Å²) in [5.74, 6) is -0.507. The number of hydrogen-bond donors (Lipinski definition) is 1. The molecular formula is C24H23N5O3S. The molecule has 0 unspecified atom stereocenters. The van der Waals surface area contributed by atoms with Crippen molar-refractivity contribution in [2.24, 2.45) is 0 Å². The third-order valence-electron chi connectivity index (χ3n) is 5.29. The van der Waals surface area contributed by atoms with E-state index < -0.39 is 0 Å². The van der Waals surface area contributed by atoms with E-state index in [1.54, 1.807) is 12.1 Å². The van der Waals surface area contributed by atoms with Crippen LogP contribution >= 0.6 is 11.3 Å². The van der Waals surface area contributed by atoms with Crippen molar-refractivity contribution < 1.29 is 14.3 Å². The van der Waals surface area contributed by atoms with Crippen LogP contribution in [0.25, 0.3) is 16.3 Å². The highest BCUT2D eigenvalue weighted by Gasteiger charge is 2.16. The zero-order valence-corrected chi connectivity index (χ0v) is 19.3. The molecule has 2 heterocycles. The number of carbonyl (C=O) groups excluding carboxylic acids is 2. The average molecular weight is 462 g/mol. The minimum Gasteiger partial charge on any atom is -0.469 e. The highest BCUT2D eigenvalue weighted by atomic mass is 32.1. The van der Waals surface area contributed by atoms with Gasteiger partial charge in [0.1, 0.15) is 5.01 Å². The largest absolute Gasteiger partial charge is 0.469 e. The molecule has 0 atom stereocenters. The summed E-state index contributed by atoms with van der Waals surface area (Å²) in [6.45, 7) is 3.89. The summed E-state index contributed by atoms with van der Waals surface area (Å²) in [6, 6.07) is 16.9. The number of esters is 1. The maximum absolute atomic E-state index is 12.7. The van der Waals surface area contributed by atoms with E-state index in [1.165, 1.54) is 18.4 Å². The van der Waals surface area contributed by atoms with E-state index in [0.29, 0.717) is 23.5 Å². The van der Waals surface area contributed by atoms with Gasteiger partial charge in [0, 0.05) is 23.2 Å². The first kappa shape index (κ1) is 22.3. The summed E-state index contributed by atoms with van der Waals surface area (Å²) in [4.78, 5) is 24.2. The Morgan fingerprint density at radius 2 is 1.76 bits per heavy atom. The van der Waals surface area contributed by atoms with Gasteiger partial charge in [0.25, 0.3) is 5.91 Å². The zero-order chi connectivity index (χ0) is 23.4. The number of hydrogen-bond acceptors (Lipinski definition) is 7. The molecule has 168 valence electrons. The van der Waals surface area contributed by atoms with E-state index in [2.05, 4.69) is 20.6 Å². The summed E-state index contributed by atoms with van der Waals surface area (Å²) in [5.41, 5.74) is 5.13. The molecule has 0 saturated carbocycles. The summed E-state index contributed by atoms with van der Waals surface area (Å²) in [5, 5.41) is 16.8. The number of methoxy groups -OCH3 is 1. The lowest BCUT2D eigenvalue weighted by molar-refractivity contribution is -0.140. The Morgan fingerprint density at radius 3 is 2.45 bits per heavy atom. The third-order valence-corrected chi connectivity index (χ3v) is 6.18. The number of carbonyl (C=O) groups is 2. The predicted molar refractivity (Wildman–Crippen MR) is 127 cm³/mol. The number of aromatic nitrogens is 4. The van der Waals surface area contributed by atoms with Crippen molar-refractivity contribution in [3.05, 3.63) is 77.1 Å². The van der Waals surface area contributed by atoms with Gasteiger partial charge in [0.2, 0.25) is 5.13 Å². The molecule has 1 amide bonds. The second-order valence-electron chi connectivity index (χ2n) is 7.42. The van der Waals surface area contributed by atoms with Gasteiger partial charge in [-0.25, -0.2) is 4.68 Å². The Kier molecular flexibility index (Phi) is 6.60. The lowest BCUT2D eigenvalue weighted by atomic mass is 10.1. The second-order valence-corrected chi connectivity index (χ2v) is 8.39. The minimum atomic E-state index is -0.260. The quantitative estimate of drug-likeness (QED) is 0.411. The Balaban J connectivity index is 1.46. The molecule has 4 aromatic rings. The van der Waals surface area contributed by atoms with Gasteiger partial charge in [0.05, 0.1) is 18.5 Å². The summed E-state index contributed by atoms with van der Waals surface area (Å²) < 4.78 is 6.55. The Morgan fingerprint density at radius 1 is 1.03 bits per heavy atom. The Labute approximate surface area is 195 Å². The first-order valence-corrected chi connectivity index (χ1v) is 11.2. The molecule has 0 aliphatic rings. The summed E-state index contributed by atoms with van der Waals surface area (Å²) in [7, 11) is 1.39. The van der Waals surface area contributed by atoms with Crippen LogP contribution in [0.1, 0.15) is 33.7 Å². The molecule has 2 aromatic carbocycles. The number of ether oxygens (including phenoxy) is 1. The van der Waals surface area contributed by atoms with E-state index in [4.69, 9.17) is 4.74 Å². The lowest BCUT2D eigenvalue weighted by Crippen LogP contribution is -2.12. The molecule has 2 aromatic heterocycles. The van der Waals surface area contributed by atoms with Crippen molar-refractivity contribution in [1.29, 1.82) is 0 Å². The second kappa shape index (κ2) is 9.74. The van der Waals surface area contributed by atoms with Gasteiger partial charge < -0.3 is 4.74 Å². The van der Waals surface area contributed by atoms with Crippen LogP contribution in [0, 0.1) is 13.8 Å². The van der Waals surface area contributed by atoms with Crippen LogP contribution in [0.5, 0.6) is 0 Å². The van der Waals surface area contributed by atoms with Gasteiger partial charge in [-0.05, 0) is 50.1 Å². The van der Waals surface area contributed by atoms with Crippen molar-refractivity contribution in [3.8, 4) is 16.3 Å². The SMILES string of the molecule is COC(=O)CCc1c(C)nn(-c2ccc(C(=O)Nc3nnc(-c4ccccc4)s3)cc2)c1C. The summed E-state index contributed by atoms with van der Waals surface area (Å²) >= 11 is 1.32. The number of rotatable bonds is 7. The maximum Gasteiger partial charge on any atom is 0.305 e. The van der Waals surface area contributed by atoms with Crippen molar-refractivity contribution in [2.45, 2.75) is 26.7 Å². The molecule has 0 aliphatic heterocycles. The fourth-order valence-corrected chi connectivity index (χ4v) is 4.26. The van der Waals surface area contributed by atoms with Crippen LogP contribution in [0.3, 0.4) is 0 Å². The van der Waals surface area contributed by atoms with Crippen molar-refractivity contribution >= 4 is 28.3 Å². The monoisotopic (exact) mass is 461 g/mol. The van der Waals surface area contributed by atoms with Crippen LogP contribution in [0.15, 0.2) is 54.6 Å². The van der Waals surface area contributed by atoms with Crippen LogP contribution < -0.4 is 5.32 Å². The highest BCUT2D eigenvalue weighted by Crippen LogP contribution is 2.26. The number of aryl methyl sites for hydroxylation is 1. The van der Waals surface area contributed by atoms with Gasteiger partial charge in [-0.2, -0.15) is 5.10 Å². The minimum absolute atomic E-state index is 0.247. The Bertz CT molecular complexity index is 1280. The molecule has 8 nitrogen and oxygen atoms in total. The molecule has 0 bridgehead atoms. The average Bonchev–Trinajstić information content (AvgIpc) is 3.42. The fraction of sp³-hybridized carbons (Fsp3) is 0.208. The molecule has 0 fully saturated rings. The normalized spacial score (nSPS) is 10.8. The van der Waals surface area contributed by atoms with Crippen LogP contribution in [0.4, 0.5) is 5.13 Å². The van der Waals surface area contributed by atoms with E-state index in [0.717, 1.165) is 33.2 Å². The topological polar surface area (TPSA) is 99.0 Å². The van der Waals surface area contributed by atoms with Crippen LogP contribution in [0.2, 0.25) is 0 Å². The third kappa shape index (κ3) is 4.98. The van der Waals surface area contributed by atoms with Crippen LogP contribution in [-0.2, 0) is 16.0 Å². The standard InChI is InChI=1S/C24H23N5O3S/c1-15-20(13-14-21(30)32-3)16(2)29(28-15)19-11-9-17(10-12-19)22(31)25-24-27-26-23(33-24)18-7-5-4-6-8-18/h4-12H,13-14H2,1-3H3,(H,25,27,31). The molecule has 33 heavy (non-hydrogen) atoms. The molecular weight excluding hydrogens is 438 g/mol. The molecule has 4 rings (SSSR count). The van der Waals surface area contributed by atoms with Gasteiger partial charge in [0.15, 0.2) is 0 Å². The molecule has 0 aliphatic carbocycles. The summed E-state index contributed by atoms with van der Waals surface area (Å²) in [6.07, 6.45) is 0.873. The lowest BCUT2D eigenvalue weighted by Gasteiger charge is -2.07. The van der Waals surface area contributed by atoms with Crippen molar-refractivity contribution in [1.82, 2.24) is 20.0 Å². The molecule has 1 N–H and O–H groups in total. The van der Waals surface area contributed by atoms with Crippen LogP contribution in [-0.4, -0.2) is 39.0 Å². The smallest absolute Gasteiger partial charge is 0.305 e. The molecule has 0 saturated heterocycles. The van der Waals surface area contributed by atoms with Crippen molar-refractivity contribution in [3.63, 3.8) is 0 Å². The number of nitrogens with zero attached hydrogens (tertiary/aromatic N) is 4. The van der Waals surface area contributed by atoms with Gasteiger partial charge >= 0.3 is 5.97 Å².